The van der Waals surface area contributed by atoms with Crippen LogP contribution in [0.2, 0.25) is 0 Å². The molecule has 7 heteroatoms. The van der Waals surface area contributed by atoms with Gasteiger partial charge in [0.15, 0.2) is 5.65 Å². The van der Waals surface area contributed by atoms with Gasteiger partial charge in [0.2, 0.25) is 11.8 Å². The quantitative estimate of drug-likeness (QED) is 0.359. The highest BCUT2D eigenvalue weighted by molar-refractivity contribution is 5.86. The van der Waals surface area contributed by atoms with Crippen LogP contribution in [-0.2, 0) is 11.2 Å². The average molecular weight is 498 g/mol. The molecule has 192 valence electrons. The average Bonchev–Trinajstić information content (AvgIpc) is 3.25. The van der Waals surface area contributed by atoms with Crippen LogP contribution in [0.1, 0.15) is 35.7 Å². The largest absolute Gasteiger partial charge is 0.478 e. The normalized spacial score (nSPS) is 13.8. The van der Waals surface area contributed by atoms with Crippen molar-refractivity contribution in [3.63, 3.8) is 0 Å². The van der Waals surface area contributed by atoms with E-state index < -0.39 is 0 Å². The molecule has 0 N–H and O–H groups in total. The standard InChI is InChI=1S/C30H35N5O2/c1-5-37-30-26(14-15-27(36)34-18-16-33(17-19-34)24-11-7-6-8-12-24)22(3)28-23(4)32-35(29(28)31-30)25-13-9-10-21(2)20-25/h6-13,20H,5,14-19H2,1-4H3. The second-order valence-corrected chi connectivity index (χ2v) is 9.69. The molecular weight excluding hydrogens is 462 g/mol. The van der Waals surface area contributed by atoms with Crippen LogP contribution in [0.4, 0.5) is 5.69 Å². The Morgan fingerprint density at radius 3 is 2.38 bits per heavy atom. The van der Waals surface area contributed by atoms with Crippen LogP contribution < -0.4 is 9.64 Å². The van der Waals surface area contributed by atoms with Crippen molar-refractivity contribution >= 4 is 22.6 Å². The molecule has 1 fully saturated rings. The highest BCUT2D eigenvalue weighted by atomic mass is 16.5. The topological polar surface area (TPSA) is 63.5 Å². The molecule has 0 bridgehead atoms. The number of carbonyl (C=O) groups excluding carboxylic acids is 1. The first-order valence-electron chi connectivity index (χ1n) is 13.1. The first kappa shape index (κ1) is 24.8. The molecule has 0 atom stereocenters. The monoisotopic (exact) mass is 497 g/mol. The SMILES string of the molecule is CCOc1nc2c(c(C)nn2-c2cccc(C)c2)c(C)c1CCC(=O)N1CCN(c2ccccc2)CC1. The zero-order valence-corrected chi connectivity index (χ0v) is 22.2. The number of piperazine rings is 1. The number of hydrogen-bond acceptors (Lipinski definition) is 5. The summed E-state index contributed by atoms with van der Waals surface area (Å²) < 4.78 is 7.90. The number of rotatable bonds is 7. The van der Waals surface area contributed by atoms with E-state index in [0.717, 1.165) is 59.7 Å². The second-order valence-electron chi connectivity index (χ2n) is 9.69. The van der Waals surface area contributed by atoms with Crippen molar-refractivity contribution in [1.29, 1.82) is 0 Å². The molecule has 1 aliphatic rings. The van der Waals surface area contributed by atoms with Gasteiger partial charge in [-0.3, -0.25) is 4.79 Å². The van der Waals surface area contributed by atoms with Crippen LogP contribution in [0.15, 0.2) is 54.6 Å². The zero-order chi connectivity index (χ0) is 25.9. The van der Waals surface area contributed by atoms with Gasteiger partial charge in [-0.25, -0.2) is 4.68 Å². The molecule has 0 radical (unpaired) electrons. The Balaban J connectivity index is 1.36. The van der Waals surface area contributed by atoms with Gasteiger partial charge in [0, 0.05) is 49.2 Å². The Morgan fingerprint density at radius 2 is 1.68 bits per heavy atom. The number of para-hydroxylation sites is 1. The van der Waals surface area contributed by atoms with Crippen molar-refractivity contribution in [3.05, 3.63) is 77.0 Å². The molecule has 1 saturated heterocycles. The molecular formula is C30H35N5O2. The Bertz CT molecular complexity index is 1400. The zero-order valence-electron chi connectivity index (χ0n) is 22.2. The van der Waals surface area contributed by atoms with E-state index in [1.54, 1.807) is 0 Å². The van der Waals surface area contributed by atoms with Gasteiger partial charge in [0.25, 0.3) is 0 Å². The van der Waals surface area contributed by atoms with Gasteiger partial charge in [-0.2, -0.15) is 10.1 Å². The summed E-state index contributed by atoms with van der Waals surface area (Å²) in [6, 6.07) is 18.7. The maximum Gasteiger partial charge on any atom is 0.223 e. The van der Waals surface area contributed by atoms with Gasteiger partial charge in [0.05, 0.1) is 18.0 Å². The van der Waals surface area contributed by atoms with Crippen molar-refractivity contribution in [2.24, 2.45) is 0 Å². The van der Waals surface area contributed by atoms with Gasteiger partial charge in [-0.15, -0.1) is 0 Å². The fourth-order valence-corrected chi connectivity index (χ4v) is 5.27. The van der Waals surface area contributed by atoms with Crippen molar-refractivity contribution in [1.82, 2.24) is 19.7 Å². The Hall–Kier alpha value is -3.87. The maximum atomic E-state index is 13.2. The van der Waals surface area contributed by atoms with E-state index in [9.17, 15) is 4.79 Å². The molecule has 3 heterocycles. The number of amides is 1. The molecule has 0 aliphatic carbocycles. The number of pyridine rings is 1. The summed E-state index contributed by atoms with van der Waals surface area (Å²) in [4.78, 5) is 22.4. The van der Waals surface area contributed by atoms with E-state index in [4.69, 9.17) is 14.8 Å². The van der Waals surface area contributed by atoms with Crippen molar-refractivity contribution in [2.75, 3.05) is 37.7 Å². The molecule has 0 saturated carbocycles. The van der Waals surface area contributed by atoms with Crippen molar-refractivity contribution in [2.45, 2.75) is 40.5 Å². The number of hydrogen-bond donors (Lipinski definition) is 0. The van der Waals surface area contributed by atoms with Gasteiger partial charge in [0.1, 0.15) is 0 Å². The molecule has 0 spiro atoms. The molecule has 2 aromatic heterocycles. The van der Waals surface area contributed by atoms with E-state index >= 15 is 0 Å². The number of benzene rings is 2. The smallest absolute Gasteiger partial charge is 0.223 e. The van der Waals surface area contributed by atoms with E-state index in [1.807, 2.05) is 41.6 Å². The summed E-state index contributed by atoms with van der Waals surface area (Å²) >= 11 is 0. The molecule has 5 rings (SSSR count). The number of aromatic nitrogens is 3. The summed E-state index contributed by atoms with van der Waals surface area (Å²) in [5, 5.41) is 5.86. The Labute approximate surface area is 218 Å². The van der Waals surface area contributed by atoms with Crippen LogP contribution in [0, 0.1) is 20.8 Å². The number of anilines is 1. The Morgan fingerprint density at radius 1 is 0.946 bits per heavy atom. The fraction of sp³-hybridized carbons (Fsp3) is 0.367. The van der Waals surface area contributed by atoms with E-state index in [1.165, 1.54) is 11.3 Å². The third-order valence-electron chi connectivity index (χ3n) is 7.20. The van der Waals surface area contributed by atoms with Crippen LogP contribution in [0.25, 0.3) is 16.7 Å². The third-order valence-corrected chi connectivity index (χ3v) is 7.20. The molecule has 2 aromatic carbocycles. The van der Waals surface area contributed by atoms with Gasteiger partial charge in [-0.1, -0.05) is 30.3 Å². The number of aryl methyl sites for hydroxylation is 3. The predicted molar refractivity (Wildman–Crippen MR) is 148 cm³/mol. The molecule has 1 amide bonds. The lowest BCUT2D eigenvalue weighted by molar-refractivity contribution is -0.131. The minimum atomic E-state index is 0.182. The summed E-state index contributed by atoms with van der Waals surface area (Å²) in [5.74, 6) is 0.782. The molecule has 4 aromatic rings. The van der Waals surface area contributed by atoms with E-state index in [-0.39, 0.29) is 5.91 Å². The van der Waals surface area contributed by atoms with E-state index in [2.05, 4.69) is 55.1 Å². The minimum absolute atomic E-state index is 0.182. The van der Waals surface area contributed by atoms with Gasteiger partial charge in [-0.05, 0) is 69.5 Å². The summed E-state index contributed by atoms with van der Waals surface area (Å²) in [6.45, 7) is 11.8. The number of ether oxygens (including phenoxy) is 1. The summed E-state index contributed by atoms with van der Waals surface area (Å²) in [7, 11) is 0. The van der Waals surface area contributed by atoms with E-state index in [0.29, 0.717) is 25.3 Å². The lowest BCUT2D eigenvalue weighted by Gasteiger charge is -2.36. The molecule has 7 nitrogen and oxygen atoms in total. The van der Waals surface area contributed by atoms with Crippen LogP contribution in [-0.4, -0.2) is 58.4 Å². The molecule has 37 heavy (non-hydrogen) atoms. The maximum absolute atomic E-state index is 13.2. The van der Waals surface area contributed by atoms with Crippen molar-refractivity contribution < 1.29 is 9.53 Å². The second kappa shape index (κ2) is 10.6. The van der Waals surface area contributed by atoms with Gasteiger partial charge >= 0.3 is 0 Å². The third kappa shape index (κ3) is 5.03. The van der Waals surface area contributed by atoms with Gasteiger partial charge < -0.3 is 14.5 Å². The summed E-state index contributed by atoms with van der Waals surface area (Å²) in [6.07, 6.45) is 1.03. The Kier molecular flexibility index (Phi) is 7.12. The summed E-state index contributed by atoms with van der Waals surface area (Å²) in [5.41, 5.74) is 7.16. The fourth-order valence-electron chi connectivity index (χ4n) is 5.27. The van der Waals surface area contributed by atoms with Crippen LogP contribution in [0.5, 0.6) is 5.88 Å². The minimum Gasteiger partial charge on any atom is -0.478 e. The lowest BCUT2D eigenvalue weighted by Crippen LogP contribution is -2.48. The van der Waals surface area contributed by atoms with Crippen LogP contribution >= 0.6 is 0 Å². The number of nitrogens with zero attached hydrogens (tertiary/aromatic N) is 5. The first-order chi connectivity index (χ1) is 18.0. The molecule has 0 unspecified atom stereocenters. The van der Waals surface area contributed by atoms with Crippen LogP contribution in [0.3, 0.4) is 0 Å². The number of carbonyl (C=O) groups is 1. The highest BCUT2D eigenvalue weighted by Crippen LogP contribution is 2.32. The highest BCUT2D eigenvalue weighted by Gasteiger charge is 2.24. The lowest BCUT2D eigenvalue weighted by atomic mass is 10.0. The first-order valence-corrected chi connectivity index (χ1v) is 13.1. The van der Waals surface area contributed by atoms with Crippen molar-refractivity contribution in [3.8, 4) is 11.6 Å². The molecule has 1 aliphatic heterocycles. The predicted octanol–water partition coefficient (Wildman–Crippen LogP) is 5.03. The number of fused-ring (bicyclic) bond motifs is 1.